The van der Waals surface area contributed by atoms with Gasteiger partial charge in [-0.15, -0.1) is 0 Å². The summed E-state index contributed by atoms with van der Waals surface area (Å²) in [4.78, 5) is 12.4. The van der Waals surface area contributed by atoms with E-state index in [9.17, 15) is 13.2 Å². The molecule has 25 heavy (non-hydrogen) atoms. The van der Waals surface area contributed by atoms with Crippen LogP contribution in [0.2, 0.25) is 0 Å². The van der Waals surface area contributed by atoms with Crippen LogP contribution < -0.4 is 10.1 Å². The van der Waals surface area contributed by atoms with Crippen LogP contribution >= 0.6 is 0 Å². The Balaban J connectivity index is 1.64. The van der Waals surface area contributed by atoms with E-state index in [0.29, 0.717) is 30.8 Å². The molecule has 2 aromatic rings. The van der Waals surface area contributed by atoms with Crippen molar-refractivity contribution in [3.8, 4) is 11.5 Å². The van der Waals surface area contributed by atoms with Gasteiger partial charge in [0.1, 0.15) is 17.5 Å². The van der Waals surface area contributed by atoms with Crippen molar-refractivity contribution in [2.24, 2.45) is 0 Å². The molecular weight excluding hydrogens is 340 g/mol. The van der Waals surface area contributed by atoms with E-state index < -0.39 is 16.1 Å². The molecule has 0 aliphatic carbocycles. The Morgan fingerprint density at radius 2 is 1.72 bits per heavy atom. The molecule has 2 aromatic carbocycles. The second kappa shape index (κ2) is 7.25. The molecule has 0 aromatic heterocycles. The van der Waals surface area contributed by atoms with E-state index in [1.54, 1.807) is 24.3 Å². The lowest BCUT2D eigenvalue weighted by Crippen LogP contribution is -2.42. The molecule has 1 fully saturated rings. The van der Waals surface area contributed by atoms with E-state index in [4.69, 9.17) is 4.74 Å². The summed E-state index contributed by atoms with van der Waals surface area (Å²) in [6.07, 6.45) is 2.36. The van der Waals surface area contributed by atoms with Crippen molar-refractivity contribution in [3.63, 3.8) is 0 Å². The monoisotopic (exact) mass is 360 g/mol. The molecule has 7 heteroatoms. The Bertz CT molecular complexity index is 835. The van der Waals surface area contributed by atoms with Crippen LogP contribution in [0, 0.1) is 0 Å². The molecule has 0 unspecified atom stereocenters. The lowest BCUT2D eigenvalue weighted by molar-refractivity contribution is -0.119. The van der Waals surface area contributed by atoms with Crippen molar-refractivity contribution in [2.75, 3.05) is 18.1 Å². The summed E-state index contributed by atoms with van der Waals surface area (Å²) in [5, 5.41) is 2.78. The summed E-state index contributed by atoms with van der Waals surface area (Å²) >= 11 is 0. The third kappa shape index (κ3) is 4.37. The van der Waals surface area contributed by atoms with Gasteiger partial charge in [0.15, 0.2) is 0 Å². The largest absolute Gasteiger partial charge is 0.457 e. The van der Waals surface area contributed by atoms with Crippen LogP contribution in [0.5, 0.6) is 11.5 Å². The number of carbonyl (C=O) groups excluding carboxylic acids is 1. The fourth-order valence-corrected chi connectivity index (χ4v) is 3.98. The molecule has 1 aliphatic rings. The number of para-hydroxylation sites is 1. The van der Waals surface area contributed by atoms with E-state index in [-0.39, 0.29) is 5.91 Å². The van der Waals surface area contributed by atoms with Crippen molar-refractivity contribution in [1.29, 1.82) is 0 Å². The standard InChI is InChI=1S/C18H20N2O4S/c1-25(22,23)20-13-5-8-17(20)18(21)19-14-9-11-16(12-10-14)24-15-6-3-2-4-7-15/h2-4,6-7,9-12,17H,5,8,13H2,1H3,(H,19,21)/t17-/m0/s1. The van der Waals surface area contributed by atoms with E-state index >= 15 is 0 Å². The summed E-state index contributed by atoms with van der Waals surface area (Å²) in [5.74, 6) is 1.08. The first-order valence-corrected chi connectivity index (χ1v) is 9.89. The highest BCUT2D eigenvalue weighted by molar-refractivity contribution is 7.88. The summed E-state index contributed by atoms with van der Waals surface area (Å²) < 4.78 is 30.5. The van der Waals surface area contributed by atoms with Crippen molar-refractivity contribution < 1.29 is 17.9 Å². The number of amides is 1. The summed E-state index contributed by atoms with van der Waals surface area (Å²) in [5.41, 5.74) is 0.603. The zero-order chi connectivity index (χ0) is 17.9. The normalized spacial score (nSPS) is 18.0. The third-order valence-corrected chi connectivity index (χ3v) is 5.32. The van der Waals surface area contributed by atoms with Crippen LogP contribution in [0.15, 0.2) is 54.6 Å². The predicted molar refractivity (Wildman–Crippen MR) is 96.2 cm³/mol. The molecule has 0 spiro atoms. The lowest BCUT2D eigenvalue weighted by atomic mass is 10.2. The topological polar surface area (TPSA) is 75.7 Å². The van der Waals surface area contributed by atoms with Gasteiger partial charge in [0.25, 0.3) is 0 Å². The molecule has 132 valence electrons. The van der Waals surface area contributed by atoms with Crippen LogP contribution in [0.4, 0.5) is 5.69 Å². The fraction of sp³-hybridized carbons (Fsp3) is 0.278. The fourth-order valence-electron chi connectivity index (χ4n) is 2.86. The quantitative estimate of drug-likeness (QED) is 0.890. The second-order valence-corrected chi connectivity index (χ2v) is 7.90. The van der Waals surface area contributed by atoms with Gasteiger partial charge in [-0.2, -0.15) is 4.31 Å². The maximum absolute atomic E-state index is 12.4. The number of sulfonamides is 1. The van der Waals surface area contributed by atoms with Crippen LogP contribution in [0.3, 0.4) is 0 Å². The van der Waals surface area contributed by atoms with Crippen LogP contribution in [0.25, 0.3) is 0 Å². The van der Waals surface area contributed by atoms with Gasteiger partial charge in [-0.05, 0) is 49.2 Å². The van der Waals surface area contributed by atoms with E-state index in [1.165, 1.54) is 4.31 Å². The summed E-state index contributed by atoms with van der Waals surface area (Å²) in [6, 6.07) is 15.7. The minimum Gasteiger partial charge on any atom is -0.457 e. The van der Waals surface area contributed by atoms with E-state index in [0.717, 1.165) is 12.0 Å². The Kier molecular flexibility index (Phi) is 5.06. The molecule has 0 bridgehead atoms. The number of hydrogen-bond acceptors (Lipinski definition) is 4. The van der Waals surface area contributed by atoms with Crippen molar-refractivity contribution in [1.82, 2.24) is 4.31 Å². The molecule has 1 amide bonds. The highest BCUT2D eigenvalue weighted by Crippen LogP contribution is 2.24. The van der Waals surface area contributed by atoms with E-state index in [1.807, 2.05) is 30.3 Å². The molecule has 1 saturated heterocycles. The van der Waals surface area contributed by atoms with Gasteiger partial charge in [-0.25, -0.2) is 8.42 Å². The number of nitrogens with zero attached hydrogens (tertiary/aromatic N) is 1. The van der Waals surface area contributed by atoms with Gasteiger partial charge in [0.2, 0.25) is 15.9 Å². The SMILES string of the molecule is CS(=O)(=O)N1CCC[C@H]1C(=O)Nc1ccc(Oc2ccccc2)cc1. The van der Waals surface area contributed by atoms with Gasteiger partial charge < -0.3 is 10.1 Å². The smallest absolute Gasteiger partial charge is 0.242 e. The first kappa shape index (κ1) is 17.4. The highest BCUT2D eigenvalue weighted by atomic mass is 32.2. The van der Waals surface area contributed by atoms with Gasteiger partial charge in [0, 0.05) is 12.2 Å². The Morgan fingerprint density at radius 3 is 2.36 bits per heavy atom. The average molecular weight is 360 g/mol. The molecule has 1 heterocycles. The number of hydrogen-bond donors (Lipinski definition) is 1. The second-order valence-electron chi connectivity index (χ2n) is 5.96. The maximum atomic E-state index is 12.4. The predicted octanol–water partition coefficient (Wildman–Crippen LogP) is 2.84. The number of ether oxygens (including phenoxy) is 1. The molecule has 3 rings (SSSR count). The van der Waals surface area contributed by atoms with Crippen molar-refractivity contribution >= 4 is 21.6 Å². The highest BCUT2D eigenvalue weighted by Gasteiger charge is 2.36. The van der Waals surface area contributed by atoms with Crippen molar-refractivity contribution in [3.05, 3.63) is 54.6 Å². The molecular formula is C18H20N2O4S. The Morgan fingerprint density at radius 1 is 1.08 bits per heavy atom. The van der Waals surface area contributed by atoms with Gasteiger partial charge in [-0.1, -0.05) is 18.2 Å². The minimum atomic E-state index is -3.38. The molecule has 0 saturated carbocycles. The Hall–Kier alpha value is -2.38. The van der Waals surface area contributed by atoms with Crippen LogP contribution in [-0.4, -0.2) is 37.5 Å². The molecule has 1 atom stereocenters. The molecule has 6 nitrogen and oxygen atoms in total. The number of benzene rings is 2. The van der Waals surface area contributed by atoms with Crippen LogP contribution in [-0.2, 0) is 14.8 Å². The zero-order valence-corrected chi connectivity index (χ0v) is 14.7. The average Bonchev–Trinajstić information content (AvgIpc) is 3.08. The molecule has 1 N–H and O–H groups in total. The third-order valence-electron chi connectivity index (χ3n) is 4.03. The number of rotatable bonds is 5. The maximum Gasteiger partial charge on any atom is 0.242 e. The summed E-state index contributed by atoms with van der Waals surface area (Å²) in [6.45, 7) is 0.390. The molecule has 1 aliphatic heterocycles. The minimum absolute atomic E-state index is 0.306. The van der Waals surface area contributed by atoms with Crippen molar-refractivity contribution in [2.45, 2.75) is 18.9 Å². The van der Waals surface area contributed by atoms with Gasteiger partial charge in [-0.3, -0.25) is 4.79 Å². The van der Waals surface area contributed by atoms with Gasteiger partial charge >= 0.3 is 0 Å². The first-order chi connectivity index (χ1) is 11.9. The number of nitrogens with one attached hydrogen (secondary N) is 1. The zero-order valence-electron chi connectivity index (χ0n) is 13.9. The van der Waals surface area contributed by atoms with E-state index in [2.05, 4.69) is 5.32 Å². The first-order valence-electron chi connectivity index (χ1n) is 8.04. The Labute approximate surface area is 147 Å². The number of carbonyl (C=O) groups is 1. The summed E-state index contributed by atoms with van der Waals surface area (Å²) in [7, 11) is -3.38. The molecule has 0 radical (unpaired) electrons. The van der Waals surface area contributed by atoms with Crippen LogP contribution in [0.1, 0.15) is 12.8 Å². The van der Waals surface area contributed by atoms with Gasteiger partial charge in [0.05, 0.1) is 6.26 Å². The lowest BCUT2D eigenvalue weighted by Gasteiger charge is -2.21. The number of anilines is 1.